The molecule has 1 heterocycles. The van der Waals surface area contributed by atoms with Crippen molar-refractivity contribution < 1.29 is 4.74 Å². The van der Waals surface area contributed by atoms with Crippen LogP contribution in [0, 0.1) is 11.3 Å². The van der Waals surface area contributed by atoms with Crippen LogP contribution in [0.4, 0.5) is 0 Å². The zero-order chi connectivity index (χ0) is 8.97. The maximum Gasteiger partial charge on any atom is 0.214 e. The lowest BCUT2D eigenvalue weighted by Crippen LogP contribution is -2.06. The summed E-state index contributed by atoms with van der Waals surface area (Å²) in [4.78, 5) is 3.95. The highest BCUT2D eigenvalue weighted by Crippen LogP contribution is 2.08. The Balaban J connectivity index is 2.81. The Morgan fingerprint density at radius 3 is 2.83 bits per heavy atom. The van der Waals surface area contributed by atoms with E-state index in [4.69, 9.17) is 10.00 Å². The summed E-state index contributed by atoms with van der Waals surface area (Å²) in [5.74, 6) is 0.504. The fourth-order valence-corrected chi connectivity index (χ4v) is 0.784. The lowest BCUT2D eigenvalue weighted by Gasteiger charge is -2.07. The van der Waals surface area contributed by atoms with E-state index in [1.165, 1.54) is 0 Å². The molecule has 12 heavy (non-hydrogen) atoms. The summed E-state index contributed by atoms with van der Waals surface area (Å²) >= 11 is 0. The quantitative estimate of drug-likeness (QED) is 0.665. The maximum atomic E-state index is 8.53. The van der Waals surface area contributed by atoms with Gasteiger partial charge < -0.3 is 4.74 Å². The van der Waals surface area contributed by atoms with E-state index >= 15 is 0 Å². The fourth-order valence-electron chi connectivity index (χ4n) is 0.784. The molecule has 3 nitrogen and oxygen atoms in total. The van der Waals surface area contributed by atoms with Crippen LogP contribution in [-0.4, -0.2) is 11.1 Å². The van der Waals surface area contributed by atoms with Crippen LogP contribution < -0.4 is 4.74 Å². The molecule has 0 bridgehead atoms. The van der Waals surface area contributed by atoms with Crippen molar-refractivity contribution in [3.63, 3.8) is 0 Å². The van der Waals surface area contributed by atoms with E-state index in [0.29, 0.717) is 11.6 Å². The molecular formula is C9H10N2O. The minimum Gasteiger partial charge on any atom is -0.475 e. The molecule has 0 aromatic carbocycles. The van der Waals surface area contributed by atoms with Crippen molar-refractivity contribution in [3.05, 3.63) is 23.9 Å². The summed E-state index contributed by atoms with van der Waals surface area (Å²) in [5.41, 5.74) is 0.383. The Morgan fingerprint density at radius 1 is 1.50 bits per heavy atom. The van der Waals surface area contributed by atoms with Crippen molar-refractivity contribution in [2.24, 2.45) is 0 Å². The van der Waals surface area contributed by atoms with Crippen molar-refractivity contribution in [2.75, 3.05) is 0 Å². The highest BCUT2D eigenvalue weighted by Gasteiger charge is 1.99. The predicted octanol–water partition coefficient (Wildman–Crippen LogP) is 1.74. The average molecular weight is 162 g/mol. The van der Waals surface area contributed by atoms with Crippen LogP contribution in [0.5, 0.6) is 5.88 Å². The number of nitriles is 1. The normalized spacial score (nSPS) is 9.50. The summed E-state index contributed by atoms with van der Waals surface area (Å²) in [6, 6.07) is 7.09. The third-order valence-corrected chi connectivity index (χ3v) is 1.19. The van der Waals surface area contributed by atoms with Crippen LogP contribution in [-0.2, 0) is 0 Å². The van der Waals surface area contributed by atoms with Gasteiger partial charge in [0.1, 0.15) is 11.8 Å². The zero-order valence-corrected chi connectivity index (χ0v) is 7.11. The molecule has 0 amide bonds. The smallest absolute Gasteiger partial charge is 0.214 e. The van der Waals surface area contributed by atoms with E-state index in [2.05, 4.69) is 4.98 Å². The van der Waals surface area contributed by atoms with E-state index in [-0.39, 0.29) is 6.10 Å². The Labute approximate surface area is 71.6 Å². The lowest BCUT2D eigenvalue weighted by molar-refractivity contribution is 0.232. The van der Waals surface area contributed by atoms with Gasteiger partial charge in [0.15, 0.2) is 0 Å². The van der Waals surface area contributed by atoms with Gasteiger partial charge in [-0.1, -0.05) is 6.07 Å². The second-order valence-corrected chi connectivity index (χ2v) is 2.64. The molecule has 3 heteroatoms. The van der Waals surface area contributed by atoms with Gasteiger partial charge >= 0.3 is 0 Å². The SMILES string of the molecule is CC(C)Oc1cccc(C#N)n1. The molecule has 0 aliphatic carbocycles. The van der Waals surface area contributed by atoms with Gasteiger partial charge in [-0.05, 0) is 19.9 Å². The number of hydrogen-bond acceptors (Lipinski definition) is 3. The summed E-state index contributed by atoms with van der Waals surface area (Å²) in [7, 11) is 0. The van der Waals surface area contributed by atoms with Crippen molar-refractivity contribution >= 4 is 0 Å². The summed E-state index contributed by atoms with van der Waals surface area (Å²) in [5, 5.41) is 8.53. The monoisotopic (exact) mass is 162 g/mol. The van der Waals surface area contributed by atoms with Crippen LogP contribution >= 0.6 is 0 Å². The minimum absolute atomic E-state index is 0.0893. The predicted molar refractivity (Wildman–Crippen MR) is 44.7 cm³/mol. The highest BCUT2D eigenvalue weighted by molar-refractivity contribution is 5.24. The van der Waals surface area contributed by atoms with Gasteiger partial charge in [0, 0.05) is 6.07 Å². The van der Waals surface area contributed by atoms with E-state index in [1.54, 1.807) is 18.2 Å². The van der Waals surface area contributed by atoms with Gasteiger partial charge in [0.25, 0.3) is 0 Å². The first-order valence-electron chi connectivity index (χ1n) is 3.76. The second-order valence-electron chi connectivity index (χ2n) is 2.64. The van der Waals surface area contributed by atoms with Crippen LogP contribution in [0.25, 0.3) is 0 Å². The maximum absolute atomic E-state index is 8.53. The van der Waals surface area contributed by atoms with Gasteiger partial charge in [-0.25, -0.2) is 4.98 Å². The van der Waals surface area contributed by atoms with Crippen LogP contribution in [0.15, 0.2) is 18.2 Å². The summed E-state index contributed by atoms with van der Waals surface area (Å²) < 4.78 is 5.29. The molecule has 0 saturated heterocycles. The second kappa shape index (κ2) is 3.72. The van der Waals surface area contributed by atoms with Crippen molar-refractivity contribution in [1.29, 1.82) is 5.26 Å². The first kappa shape index (κ1) is 8.54. The first-order valence-corrected chi connectivity index (χ1v) is 3.76. The van der Waals surface area contributed by atoms with E-state index < -0.39 is 0 Å². The number of ether oxygens (including phenoxy) is 1. The lowest BCUT2D eigenvalue weighted by atomic mass is 10.4. The zero-order valence-electron chi connectivity index (χ0n) is 7.11. The fraction of sp³-hybridized carbons (Fsp3) is 0.333. The third-order valence-electron chi connectivity index (χ3n) is 1.19. The molecule has 1 rings (SSSR count). The molecular weight excluding hydrogens is 152 g/mol. The Hall–Kier alpha value is -1.56. The molecule has 0 aliphatic heterocycles. The minimum atomic E-state index is 0.0893. The molecule has 1 aromatic rings. The van der Waals surface area contributed by atoms with Gasteiger partial charge in [-0.2, -0.15) is 5.26 Å². The molecule has 0 atom stereocenters. The number of hydrogen-bond donors (Lipinski definition) is 0. The molecule has 0 unspecified atom stereocenters. The Bertz CT molecular complexity index is 302. The molecule has 0 spiro atoms. The standard InChI is InChI=1S/C9H10N2O/c1-7(2)12-9-5-3-4-8(6-10)11-9/h3-5,7H,1-2H3. The first-order chi connectivity index (χ1) is 5.72. The largest absolute Gasteiger partial charge is 0.475 e. The van der Waals surface area contributed by atoms with Crippen molar-refractivity contribution in [1.82, 2.24) is 4.98 Å². The Morgan fingerprint density at radius 2 is 2.25 bits per heavy atom. The summed E-state index contributed by atoms with van der Waals surface area (Å²) in [6.45, 7) is 3.83. The molecule has 1 aromatic heterocycles. The number of pyridine rings is 1. The van der Waals surface area contributed by atoms with Crippen LogP contribution in [0.3, 0.4) is 0 Å². The number of nitrogens with zero attached hydrogens (tertiary/aromatic N) is 2. The van der Waals surface area contributed by atoms with E-state index in [0.717, 1.165) is 0 Å². The molecule has 0 radical (unpaired) electrons. The van der Waals surface area contributed by atoms with Gasteiger partial charge in [0.2, 0.25) is 5.88 Å². The van der Waals surface area contributed by atoms with Crippen molar-refractivity contribution in [3.8, 4) is 11.9 Å². The number of rotatable bonds is 2. The third kappa shape index (κ3) is 2.24. The van der Waals surface area contributed by atoms with Crippen LogP contribution in [0.1, 0.15) is 19.5 Å². The highest BCUT2D eigenvalue weighted by atomic mass is 16.5. The molecule has 0 fully saturated rings. The number of aromatic nitrogens is 1. The van der Waals surface area contributed by atoms with Gasteiger partial charge in [0.05, 0.1) is 6.10 Å². The summed E-state index contributed by atoms with van der Waals surface area (Å²) in [6.07, 6.45) is 0.0893. The average Bonchev–Trinajstić information content (AvgIpc) is 2.03. The molecule has 0 aliphatic rings. The van der Waals surface area contributed by atoms with E-state index in [1.807, 2.05) is 19.9 Å². The molecule has 0 saturated carbocycles. The Kier molecular flexibility index (Phi) is 2.65. The van der Waals surface area contributed by atoms with Gasteiger partial charge in [-0.15, -0.1) is 0 Å². The van der Waals surface area contributed by atoms with Gasteiger partial charge in [-0.3, -0.25) is 0 Å². The molecule has 0 N–H and O–H groups in total. The molecule has 62 valence electrons. The van der Waals surface area contributed by atoms with Crippen molar-refractivity contribution in [2.45, 2.75) is 20.0 Å². The topological polar surface area (TPSA) is 45.9 Å². The van der Waals surface area contributed by atoms with Crippen LogP contribution in [0.2, 0.25) is 0 Å². The van der Waals surface area contributed by atoms with E-state index in [9.17, 15) is 0 Å².